The minimum atomic E-state index is -0.541. The summed E-state index contributed by atoms with van der Waals surface area (Å²) in [6.45, 7) is 6.51. The second-order valence-electron chi connectivity index (χ2n) is 7.64. The maximum atomic E-state index is 12.7. The summed E-state index contributed by atoms with van der Waals surface area (Å²) in [7, 11) is 0. The van der Waals surface area contributed by atoms with Gasteiger partial charge in [-0.15, -0.1) is 0 Å². The Balaban J connectivity index is 1.68. The van der Waals surface area contributed by atoms with Crippen molar-refractivity contribution >= 4 is 28.6 Å². The summed E-state index contributed by atoms with van der Waals surface area (Å²) in [6.07, 6.45) is 2.89. The topological polar surface area (TPSA) is 71.5 Å². The number of carbonyl (C=O) groups excluding carboxylic acids is 2. The van der Waals surface area contributed by atoms with Crippen LogP contribution in [0.3, 0.4) is 0 Å². The summed E-state index contributed by atoms with van der Waals surface area (Å²) < 4.78 is 5.43. The number of amides is 2. The molecule has 0 spiro atoms. The third-order valence-corrected chi connectivity index (χ3v) is 4.33. The highest BCUT2D eigenvalue weighted by Gasteiger charge is 2.31. The first-order valence-corrected chi connectivity index (χ1v) is 8.96. The third kappa shape index (κ3) is 4.31. The number of benzene rings is 1. The molecule has 0 aliphatic carbocycles. The van der Waals surface area contributed by atoms with Crippen LogP contribution in [0.1, 0.15) is 33.6 Å². The summed E-state index contributed by atoms with van der Waals surface area (Å²) in [6, 6.07) is 9.54. The molecule has 0 radical (unpaired) electrons. The number of pyridine rings is 1. The van der Waals surface area contributed by atoms with Crippen LogP contribution >= 0.6 is 0 Å². The average Bonchev–Trinajstić information content (AvgIpc) is 2.61. The number of hydrogen-bond acceptors (Lipinski definition) is 4. The fraction of sp³-hybridized carbons (Fsp3) is 0.450. The number of likely N-dealkylation sites (tertiary alicyclic amines) is 1. The fourth-order valence-corrected chi connectivity index (χ4v) is 3.12. The van der Waals surface area contributed by atoms with Gasteiger partial charge in [-0.05, 0) is 45.7 Å². The first-order valence-electron chi connectivity index (χ1n) is 8.96. The molecule has 6 nitrogen and oxygen atoms in total. The summed E-state index contributed by atoms with van der Waals surface area (Å²) in [5.41, 5.74) is 0.923. The standard InChI is InChI=1S/C20H25N3O3/c1-20(2,3)26-19(25)23-12-6-9-15(13-23)18(24)22-16-10-4-7-14-8-5-11-21-17(14)16/h4-5,7-8,10-11,15H,6,9,12-13H2,1-3H3,(H,22,24)/t15-/m0/s1. The summed E-state index contributed by atoms with van der Waals surface area (Å²) in [5.74, 6) is -0.341. The van der Waals surface area contributed by atoms with Gasteiger partial charge in [0.05, 0.1) is 17.1 Å². The first kappa shape index (κ1) is 18.2. The molecule has 0 saturated carbocycles. The van der Waals surface area contributed by atoms with Gasteiger partial charge in [-0.3, -0.25) is 9.78 Å². The summed E-state index contributed by atoms with van der Waals surface area (Å²) in [5, 5.41) is 3.96. The monoisotopic (exact) mass is 355 g/mol. The van der Waals surface area contributed by atoms with Crippen molar-refractivity contribution in [1.29, 1.82) is 0 Å². The van der Waals surface area contributed by atoms with Gasteiger partial charge in [-0.25, -0.2) is 4.79 Å². The Kier molecular flexibility index (Phi) is 5.11. The molecule has 1 aliphatic rings. The van der Waals surface area contributed by atoms with Gasteiger partial charge >= 0.3 is 6.09 Å². The van der Waals surface area contributed by atoms with Crippen molar-refractivity contribution in [3.8, 4) is 0 Å². The van der Waals surface area contributed by atoms with Gasteiger partial charge in [-0.2, -0.15) is 0 Å². The highest BCUT2D eigenvalue weighted by Crippen LogP contribution is 2.24. The van der Waals surface area contributed by atoms with Crippen molar-refractivity contribution in [3.05, 3.63) is 36.5 Å². The average molecular weight is 355 g/mol. The minimum absolute atomic E-state index is 0.0867. The van der Waals surface area contributed by atoms with Crippen molar-refractivity contribution in [3.63, 3.8) is 0 Å². The minimum Gasteiger partial charge on any atom is -0.444 e. The number of piperidine rings is 1. The number of para-hydroxylation sites is 1. The number of anilines is 1. The molecule has 3 rings (SSSR count). The van der Waals surface area contributed by atoms with E-state index in [0.29, 0.717) is 18.8 Å². The van der Waals surface area contributed by atoms with Crippen LogP contribution in [-0.2, 0) is 9.53 Å². The molecule has 2 amide bonds. The second kappa shape index (κ2) is 7.32. The predicted molar refractivity (Wildman–Crippen MR) is 101 cm³/mol. The molecule has 0 unspecified atom stereocenters. The lowest BCUT2D eigenvalue weighted by molar-refractivity contribution is -0.121. The number of nitrogens with one attached hydrogen (secondary N) is 1. The molecule has 26 heavy (non-hydrogen) atoms. The number of aromatic nitrogens is 1. The van der Waals surface area contributed by atoms with Crippen LogP contribution < -0.4 is 5.32 Å². The molecule has 138 valence electrons. The third-order valence-electron chi connectivity index (χ3n) is 4.33. The molecular weight excluding hydrogens is 330 g/mol. The van der Waals surface area contributed by atoms with E-state index in [1.165, 1.54) is 0 Å². The zero-order valence-electron chi connectivity index (χ0n) is 15.5. The molecule has 2 aromatic rings. The van der Waals surface area contributed by atoms with Gasteiger partial charge in [-0.1, -0.05) is 18.2 Å². The van der Waals surface area contributed by atoms with Crippen LogP contribution in [0, 0.1) is 5.92 Å². The molecule has 1 aliphatic heterocycles. The predicted octanol–water partition coefficient (Wildman–Crippen LogP) is 3.82. The van der Waals surface area contributed by atoms with Gasteiger partial charge in [0.25, 0.3) is 0 Å². The van der Waals surface area contributed by atoms with Crippen LogP contribution in [0.25, 0.3) is 10.9 Å². The van der Waals surface area contributed by atoms with Gasteiger partial charge in [0, 0.05) is 24.7 Å². The van der Waals surface area contributed by atoms with Crippen molar-refractivity contribution in [2.75, 3.05) is 18.4 Å². The molecule has 1 N–H and O–H groups in total. The van der Waals surface area contributed by atoms with Crippen LogP contribution in [0.5, 0.6) is 0 Å². The highest BCUT2D eigenvalue weighted by atomic mass is 16.6. The Morgan fingerprint density at radius 2 is 2.00 bits per heavy atom. The van der Waals surface area contributed by atoms with E-state index >= 15 is 0 Å². The molecule has 0 bridgehead atoms. The fourth-order valence-electron chi connectivity index (χ4n) is 3.12. The first-order chi connectivity index (χ1) is 12.3. The van der Waals surface area contributed by atoms with Crippen LogP contribution in [0.4, 0.5) is 10.5 Å². The van der Waals surface area contributed by atoms with E-state index in [-0.39, 0.29) is 17.9 Å². The molecule has 1 aromatic heterocycles. The summed E-state index contributed by atoms with van der Waals surface area (Å²) in [4.78, 5) is 31.0. The van der Waals surface area contributed by atoms with Gasteiger partial charge < -0.3 is 15.0 Å². The molecule has 1 aromatic carbocycles. The lowest BCUT2D eigenvalue weighted by Crippen LogP contribution is -2.45. The SMILES string of the molecule is CC(C)(C)OC(=O)N1CCC[C@H](C(=O)Nc2cccc3cccnc23)C1. The smallest absolute Gasteiger partial charge is 0.410 e. The Bertz CT molecular complexity index is 808. The van der Waals surface area contributed by atoms with Crippen molar-refractivity contribution in [2.24, 2.45) is 5.92 Å². The van der Waals surface area contributed by atoms with E-state index < -0.39 is 5.60 Å². The lowest BCUT2D eigenvalue weighted by atomic mass is 9.97. The van der Waals surface area contributed by atoms with E-state index in [1.807, 2.05) is 51.1 Å². The number of nitrogens with zero attached hydrogens (tertiary/aromatic N) is 2. The number of hydrogen-bond donors (Lipinski definition) is 1. The van der Waals surface area contributed by atoms with E-state index in [2.05, 4.69) is 10.3 Å². The Morgan fingerprint density at radius 3 is 2.77 bits per heavy atom. The molecular formula is C20H25N3O3. The van der Waals surface area contributed by atoms with E-state index in [0.717, 1.165) is 23.7 Å². The Morgan fingerprint density at radius 1 is 1.23 bits per heavy atom. The summed E-state index contributed by atoms with van der Waals surface area (Å²) >= 11 is 0. The van der Waals surface area contributed by atoms with Crippen molar-refractivity contribution in [2.45, 2.75) is 39.2 Å². The Labute approximate surface area is 153 Å². The molecule has 1 fully saturated rings. The van der Waals surface area contributed by atoms with Gasteiger partial charge in [0.1, 0.15) is 5.60 Å². The second-order valence-corrected chi connectivity index (χ2v) is 7.64. The number of carbonyl (C=O) groups is 2. The van der Waals surface area contributed by atoms with Crippen molar-refractivity contribution < 1.29 is 14.3 Å². The molecule has 6 heteroatoms. The maximum absolute atomic E-state index is 12.7. The lowest BCUT2D eigenvalue weighted by Gasteiger charge is -2.33. The van der Waals surface area contributed by atoms with Crippen LogP contribution in [-0.4, -0.2) is 40.6 Å². The van der Waals surface area contributed by atoms with E-state index in [9.17, 15) is 9.59 Å². The maximum Gasteiger partial charge on any atom is 0.410 e. The highest BCUT2D eigenvalue weighted by molar-refractivity contribution is 6.01. The van der Waals surface area contributed by atoms with Crippen LogP contribution in [0.2, 0.25) is 0 Å². The van der Waals surface area contributed by atoms with Gasteiger partial charge in [0.2, 0.25) is 5.91 Å². The zero-order chi connectivity index (χ0) is 18.7. The van der Waals surface area contributed by atoms with Gasteiger partial charge in [0.15, 0.2) is 0 Å². The molecule has 1 atom stereocenters. The van der Waals surface area contributed by atoms with Crippen LogP contribution in [0.15, 0.2) is 36.5 Å². The normalized spacial score (nSPS) is 17.8. The van der Waals surface area contributed by atoms with E-state index in [1.54, 1.807) is 11.1 Å². The van der Waals surface area contributed by atoms with Crippen molar-refractivity contribution in [1.82, 2.24) is 9.88 Å². The number of ether oxygens (including phenoxy) is 1. The van der Waals surface area contributed by atoms with E-state index in [4.69, 9.17) is 4.74 Å². The zero-order valence-corrected chi connectivity index (χ0v) is 15.5. The largest absolute Gasteiger partial charge is 0.444 e. The Hall–Kier alpha value is -2.63. The number of fused-ring (bicyclic) bond motifs is 1. The molecule has 2 heterocycles. The quantitative estimate of drug-likeness (QED) is 0.889. The molecule has 1 saturated heterocycles. The number of rotatable bonds is 2.